The number of halogens is 3. The van der Waals surface area contributed by atoms with Gasteiger partial charge in [0.15, 0.2) is 5.11 Å². The summed E-state index contributed by atoms with van der Waals surface area (Å²) in [6, 6.07) is 18.1. The van der Waals surface area contributed by atoms with Crippen molar-refractivity contribution in [2.24, 2.45) is 0 Å². The molecule has 0 saturated carbocycles. The molecule has 41 heavy (non-hydrogen) atoms. The first-order valence-electron chi connectivity index (χ1n) is 13.3. The Hall–Kier alpha value is -4.18. The summed E-state index contributed by atoms with van der Waals surface area (Å²) in [5, 5.41) is 6.85. The molecule has 4 aromatic rings. The third-order valence-corrected chi connectivity index (χ3v) is 7.72. The second-order valence-electron chi connectivity index (χ2n) is 10.1. The molecule has 3 heterocycles. The van der Waals surface area contributed by atoms with Gasteiger partial charge in [-0.3, -0.25) is 9.78 Å². The van der Waals surface area contributed by atoms with Crippen LogP contribution in [0.2, 0.25) is 0 Å². The molecule has 2 aromatic carbocycles. The van der Waals surface area contributed by atoms with Crippen LogP contribution in [-0.2, 0) is 11.0 Å². The minimum Gasteiger partial charge on any atom is -0.351 e. The number of anilines is 2. The largest absolute Gasteiger partial charge is 0.416 e. The summed E-state index contributed by atoms with van der Waals surface area (Å²) in [5.41, 5.74) is 5.44. The summed E-state index contributed by atoms with van der Waals surface area (Å²) < 4.78 is 42.5. The molecular weight excluding hydrogens is 547 g/mol. The van der Waals surface area contributed by atoms with Crippen molar-refractivity contribution in [3.05, 3.63) is 107 Å². The highest BCUT2D eigenvalue weighted by Gasteiger charge is 2.42. The van der Waals surface area contributed by atoms with Gasteiger partial charge in [-0.15, -0.1) is 0 Å². The first-order chi connectivity index (χ1) is 19.5. The molecule has 1 fully saturated rings. The number of pyridine rings is 1. The van der Waals surface area contributed by atoms with Gasteiger partial charge in [0.2, 0.25) is 5.91 Å². The van der Waals surface area contributed by atoms with E-state index in [-0.39, 0.29) is 18.0 Å². The van der Waals surface area contributed by atoms with Crippen LogP contribution in [0.15, 0.2) is 72.9 Å². The number of rotatable bonds is 6. The Bertz CT molecular complexity index is 1620. The van der Waals surface area contributed by atoms with Crippen molar-refractivity contribution >= 4 is 34.6 Å². The number of alkyl halides is 3. The molecule has 1 amide bonds. The van der Waals surface area contributed by atoms with Crippen LogP contribution in [0.3, 0.4) is 0 Å². The van der Waals surface area contributed by atoms with Crippen molar-refractivity contribution in [1.82, 2.24) is 14.9 Å². The van der Waals surface area contributed by atoms with Gasteiger partial charge >= 0.3 is 6.18 Å². The second kappa shape index (κ2) is 11.0. The predicted octanol–water partition coefficient (Wildman–Crippen LogP) is 7.34. The summed E-state index contributed by atoms with van der Waals surface area (Å²) in [7, 11) is 0. The molecule has 1 saturated heterocycles. The number of hydrogen-bond donors (Lipinski definition) is 2. The topological polar surface area (TPSA) is 62.2 Å². The highest BCUT2D eigenvalue weighted by Crippen LogP contribution is 2.44. The molecule has 5 rings (SSSR count). The standard InChI is InChI=1S/C31H30F3N5OS/c1-5-27(40)36-25-13-12-23(15-18(25)2)39-29(28(37-30(39)41)26-11-6-7-14-35-26)24-16-19(3)38(20(24)4)22-10-8-9-21(17-22)31(32,33)34/h6-17,28-29H,5H2,1-4H3,(H,36,40)(H,37,41). The number of thiocarbonyl (C=S) groups is 1. The van der Waals surface area contributed by atoms with Gasteiger partial charge in [0.05, 0.1) is 23.3 Å². The Labute approximate surface area is 242 Å². The van der Waals surface area contributed by atoms with E-state index in [0.29, 0.717) is 17.2 Å². The maximum Gasteiger partial charge on any atom is 0.416 e. The summed E-state index contributed by atoms with van der Waals surface area (Å²) in [6.45, 7) is 7.51. The average Bonchev–Trinajstić information content (AvgIpc) is 3.44. The fraction of sp³-hybridized carbons (Fsp3) is 0.258. The average molecular weight is 578 g/mol. The molecule has 212 valence electrons. The molecule has 10 heteroatoms. The van der Waals surface area contributed by atoms with Crippen LogP contribution < -0.4 is 15.5 Å². The Morgan fingerprint density at radius 3 is 2.46 bits per heavy atom. The minimum atomic E-state index is -4.45. The molecule has 6 nitrogen and oxygen atoms in total. The first-order valence-corrected chi connectivity index (χ1v) is 13.7. The van der Waals surface area contributed by atoms with Crippen LogP contribution in [0.1, 0.15) is 59.2 Å². The maximum absolute atomic E-state index is 13.5. The molecular formula is C31H30F3N5OS. The highest BCUT2D eigenvalue weighted by atomic mass is 32.1. The van der Waals surface area contributed by atoms with Crippen molar-refractivity contribution in [2.75, 3.05) is 10.2 Å². The number of carbonyl (C=O) groups is 1. The van der Waals surface area contributed by atoms with Crippen LogP contribution >= 0.6 is 12.2 Å². The van der Waals surface area contributed by atoms with Crippen LogP contribution in [0.25, 0.3) is 5.69 Å². The van der Waals surface area contributed by atoms with Gasteiger partial charge in [0.25, 0.3) is 0 Å². The van der Waals surface area contributed by atoms with Crippen LogP contribution in [0.5, 0.6) is 0 Å². The SMILES string of the molecule is CCC(=O)Nc1ccc(N2C(=S)NC(c3ccccn3)C2c2cc(C)n(-c3cccc(C(F)(F)F)c3)c2C)cc1C. The zero-order chi connectivity index (χ0) is 29.5. The predicted molar refractivity (Wildman–Crippen MR) is 158 cm³/mol. The molecule has 0 radical (unpaired) electrons. The van der Waals surface area contributed by atoms with Crippen LogP contribution in [-0.4, -0.2) is 20.6 Å². The Balaban J connectivity index is 1.64. The summed E-state index contributed by atoms with van der Waals surface area (Å²) in [6.07, 6.45) is -2.35. The van der Waals surface area contributed by atoms with Gasteiger partial charge in [-0.1, -0.05) is 19.1 Å². The van der Waals surface area contributed by atoms with E-state index in [1.807, 2.05) is 72.7 Å². The molecule has 2 N–H and O–H groups in total. The smallest absolute Gasteiger partial charge is 0.351 e. The lowest BCUT2D eigenvalue weighted by Crippen LogP contribution is -2.29. The molecule has 2 atom stereocenters. The van der Waals surface area contributed by atoms with Crippen molar-refractivity contribution in [3.8, 4) is 5.69 Å². The van der Waals surface area contributed by atoms with Crippen molar-refractivity contribution in [3.63, 3.8) is 0 Å². The molecule has 0 bridgehead atoms. The molecule has 2 unspecified atom stereocenters. The van der Waals surface area contributed by atoms with E-state index in [0.717, 1.165) is 45.6 Å². The lowest BCUT2D eigenvalue weighted by Gasteiger charge is -2.29. The molecule has 1 aliphatic heterocycles. The normalized spacial score (nSPS) is 17.0. The quantitative estimate of drug-likeness (QED) is 0.235. The fourth-order valence-corrected chi connectivity index (χ4v) is 5.78. The summed E-state index contributed by atoms with van der Waals surface area (Å²) >= 11 is 5.86. The minimum absolute atomic E-state index is 0.0747. The lowest BCUT2D eigenvalue weighted by molar-refractivity contribution is -0.137. The van der Waals surface area contributed by atoms with Gasteiger partial charge < -0.3 is 20.1 Å². The van der Waals surface area contributed by atoms with Crippen molar-refractivity contribution < 1.29 is 18.0 Å². The maximum atomic E-state index is 13.5. The van der Waals surface area contributed by atoms with E-state index >= 15 is 0 Å². The van der Waals surface area contributed by atoms with Crippen molar-refractivity contribution in [1.29, 1.82) is 0 Å². The zero-order valence-electron chi connectivity index (χ0n) is 23.1. The van der Waals surface area contributed by atoms with E-state index in [1.54, 1.807) is 19.2 Å². The number of nitrogens with zero attached hydrogens (tertiary/aromatic N) is 3. The molecule has 2 aromatic heterocycles. The zero-order valence-corrected chi connectivity index (χ0v) is 23.9. The number of benzene rings is 2. The van der Waals surface area contributed by atoms with Crippen LogP contribution in [0, 0.1) is 20.8 Å². The molecule has 0 spiro atoms. The fourth-order valence-electron chi connectivity index (χ4n) is 5.43. The monoisotopic (exact) mass is 577 g/mol. The number of aryl methyl sites for hydroxylation is 2. The number of hydrogen-bond acceptors (Lipinski definition) is 3. The van der Waals surface area contributed by atoms with Gasteiger partial charge in [-0.05, 0) is 98.7 Å². The summed E-state index contributed by atoms with van der Waals surface area (Å²) in [4.78, 5) is 18.6. The Kier molecular flexibility index (Phi) is 7.61. The van der Waals surface area contributed by atoms with E-state index in [9.17, 15) is 18.0 Å². The third-order valence-electron chi connectivity index (χ3n) is 7.40. The van der Waals surface area contributed by atoms with Crippen molar-refractivity contribution in [2.45, 2.75) is 52.4 Å². The van der Waals surface area contributed by atoms with E-state index in [2.05, 4.69) is 15.6 Å². The Morgan fingerprint density at radius 2 is 1.80 bits per heavy atom. The third kappa shape index (κ3) is 5.44. The summed E-state index contributed by atoms with van der Waals surface area (Å²) in [5.74, 6) is -0.0747. The van der Waals surface area contributed by atoms with Gasteiger partial charge in [0.1, 0.15) is 0 Å². The van der Waals surface area contributed by atoms with E-state index in [4.69, 9.17) is 12.2 Å². The number of carbonyl (C=O) groups excluding carboxylic acids is 1. The number of nitrogens with one attached hydrogen (secondary N) is 2. The lowest BCUT2D eigenvalue weighted by atomic mass is 9.96. The first kappa shape index (κ1) is 28.4. The second-order valence-corrected chi connectivity index (χ2v) is 10.5. The van der Waals surface area contributed by atoms with E-state index < -0.39 is 11.7 Å². The van der Waals surface area contributed by atoms with Crippen LogP contribution in [0.4, 0.5) is 24.5 Å². The highest BCUT2D eigenvalue weighted by molar-refractivity contribution is 7.80. The molecule has 1 aliphatic rings. The van der Waals surface area contributed by atoms with E-state index in [1.165, 1.54) is 12.1 Å². The van der Waals surface area contributed by atoms with Gasteiger partial charge in [-0.25, -0.2) is 0 Å². The number of aromatic nitrogens is 2. The Morgan fingerprint density at radius 1 is 1.02 bits per heavy atom. The van der Waals surface area contributed by atoms with Gasteiger partial charge in [0, 0.05) is 41.1 Å². The van der Waals surface area contributed by atoms with Gasteiger partial charge in [-0.2, -0.15) is 13.2 Å². The number of amides is 1. The molecule has 0 aliphatic carbocycles.